The second-order valence-corrected chi connectivity index (χ2v) is 7.42. The summed E-state index contributed by atoms with van der Waals surface area (Å²) in [5.74, 6) is 2.91. The molecule has 1 unspecified atom stereocenters. The van der Waals surface area contributed by atoms with Gasteiger partial charge in [0.2, 0.25) is 0 Å². The van der Waals surface area contributed by atoms with Crippen LogP contribution < -0.4 is 15.0 Å². The summed E-state index contributed by atoms with van der Waals surface area (Å²) in [6, 6.07) is 7.79. The molecule has 144 valence electrons. The van der Waals surface area contributed by atoms with E-state index >= 15 is 0 Å². The summed E-state index contributed by atoms with van der Waals surface area (Å²) >= 11 is 0. The Morgan fingerprint density at radius 1 is 1.19 bits per heavy atom. The van der Waals surface area contributed by atoms with Crippen molar-refractivity contribution < 1.29 is 9.47 Å². The van der Waals surface area contributed by atoms with E-state index in [1.807, 2.05) is 12.1 Å². The first-order valence-corrected chi connectivity index (χ1v) is 9.72. The highest BCUT2D eigenvalue weighted by atomic mass is 16.5. The van der Waals surface area contributed by atoms with Crippen LogP contribution in [0.4, 0.5) is 0 Å². The van der Waals surface area contributed by atoms with Crippen LogP contribution in [0.1, 0.15) is 42.3 Å². The normalized spacial score (nSPS) is 19.7. The lowest BCUT2D eigenvalue weighted by atomic mass is 9.93. The van der Waals surface area contributed by atoms with Crippen LogP contribution in [-0.4, -0.2) is 41.8 Å². The topological polar surface area (TPSA) is 56.6 Å². The summed E-state index contributed by atoms with van der Waals surface area (Å²) < 4.78 is 13.3. The number of methoxy groups -OCH3 is 2. The Kier molecular flexibility index (Phi) is 5.16. The smallest absolute Gasteiger partial charge is 0.273 e. The van der Waals surface area contributed by atoms with Crippen LogP contribution in [0.25, 0.3) is 0 Å². The third kappa shape index (κ3) is 3.58. The minimum Gasteiger partial charge on any atom is -0.493 e. The summed E-state index contributed by atoms with van der Waals surface area (Å²) in [7, 11) is 3.35. The Labute approximate surface area is 159 Å². The van der Waals surface area contributed by atoms with Crippen LogP contribution in [0, 0.1) is 0 Å². The van der Waals surface area contributed by atoms with Gasteiger partial charge in [0.15, 0.2) is 11.5 Å². The molecular weight excluding hydrogens is 342 g/mol. The van der Waals surface area contributed by atoms with Gasteiger partial charge in [0, 0.05) is 49.3 Å². The Morgan fingerprint density at radius 3 is 2.89 bits per heavy atom. The van der Waals surface area contributed by atoms with E-state index in [0.29, 0.717) is 5.92 Å². The molecule has 2 aromatic rings. The summed E-state index contributed by atoms with van der Waals surface area (Å²) in [5, 5.41) is 0. The number of para-hydroxylation sites is 1. The molecule has 1 atom stereocenters. The Balaban J connectivity index is 1.56. The molecule has 3 heterocycles. The summed E-state index contributed by atoms with van der Waals surface area (Å²) in [6.45, 7) is 3.81. The van der Waals surface area contributed by atoms with E-state index in [1.165, 1.54) is 5.69 Å². The minimum atomic E-state index is -0.0928. The Hall–Kier alpha value is -2.34. The fourth-order valence-corrected chi connectivity index (χ4v) is 4.52. The molecule has 0 bridgehead atoms. The number of benzene rings is 1. The maximum atomic E-state index is 12.1. The first kappa shape index (κ1) is 18.0. The highest BCUT2D eigenvalue weighted by molar-refractivity contribution is 5.46. The van der Waals surface area contributed by atoms with Crippen LogP contribution in [-0.2, 0) is 19.5 Å². The third-order valence-electron chi connectivity index (χ3n) is 5.72. The predicted molar refractivity (Wildman–Crippen MR) is 104 cm³/mol. The molecule has 1 aromatic heterocycles. The van der Waals surface area contributed by atoms with Gasteiger partial charge in [-0.05, 0) is 31.9 Å². The first-order valence-electron chi connectivity index (χ1n) is 9.72. The van der Waals surface area contributed by atoms with Crippen LogP contribution in [0.2, 0.25) is 0 Å². The molecule has 1 aromatic carbocycles. The van der Waals surface area contributed by atoms with Gasteiger partial charge in [0.25, 0.3) is 5.56 Å². The van der Waals surface area contributed by atoms with Crippen LogP contribution in [0.3, 0.4) is 0 Å². The molecule has 0 spiro atoms. The van der Waals surface area contributed by atoms with E-state index in [0.717, 1.165) is 74.7 Å². The fourth-order valence-electron chi connectivity index (χ4n) is 4.52. The van der Waals surface area contributed by atoms with Crippen molar-refractivity contribution in [2.75, 3.05) is 27.3 Å². The van der Waals surface area contributed by atoms with Gasteiger partial charge in [0.1, 0.15) is 5.82 Å². The highest BCUT2D eigenvalue weighted by Gasteiger charge is 2.27. The largest absolute Gasteiger partial charge is 0.493 e. The number of rotatable bonds is 5. The van der Waals surface area contributed by atoms with Gasteiger partial charge in [-0.3, -0.25) is 9.69 Å². The van der Waals surface area contributed by atoms with E-state index in [1.54, 1.807) is 20.3 Å². The standard InChI is InChI=1S/C21H27N3O3/c1-26-18-8-3-6-16(21(18)27-2)14-23-10-4-7-15(13-23)17-12-20(25)22-19-9-5-11-24(17)19/h3,6,8,12,15H,4-5,7,9-11,13-14H2,1-2H3. The number of ether oxygens (including phenoxy) is 2. The van der Waals surface area contributed by atoms with Crippen LogP contribution in [0.5, 0.6) is 11.5 Å². The zero-order valence-electron chi connectivity index (χ0n) is 16.1. The van der Waals surface area contributed by atoms with E-state index in [9.17, 15) is 4.79 Å². The average molecular weight is 369 g/mol. The zero-order valence-corrected chi connectivity index (χ0v) is 16.1. The molecule has 4 rings (SSSR count). The van der Waals surface area contributed by atoms with Crippen LogP contribution in [0.15, 0.2) is 29.1 Å². The molecule has 1 saturated heterocycles. The average Bonchev–Trinajstić information content (AvgIpc) is 3.15. The van der Waals surface area contributed by atoms with Gasteiger partial charge in [-0.15, -0.1) is 0 Å². The van der Waals surface area contributed by atoms with E-state index < -0.39 is 0 Å². The van der Waals surface area contributed by atoms with Gasteiger partial charge in [-0.2, -0.15) is 4.98 Å². The van der Waals surface area contributed by atoms with E-state index in [4.69, 9.17) is 9.47 Å². The number of piperidine rings is 1. The molecule has 2 aliphatic rings. The van der Waals surface area contributed by atoms with E-state index in [2.05, 4.69) is 20.5 Å². The number of likely N-dealkylation sites (tertiary alicyclic amines) is 1. The Bertz CT molecular complexity index is 877. The number of nitrogens with zero attached hydrogens (tertiary/aromatic N) is 3. The van der Waals surface area contributed by atoms with Gasteiger partial charge >= 0.3 is 0 Å². The molecular formula is C21H27N3O3. The molecule has 0 saturated carbocycles. The van der Waals surface area contributed by atoms with Crippen molar-refractivity contribution in [2.24, 2.45) is 0 Å². The first-order chi connectivity index (χ1) is 13.2. The SMILES string of the molecule is COc1cccc(CN2CCCC(c3cc(=O)nc4n3CCC4)C2)c1OC. The molecule has 27 heavy (non-hydrogen) atoms. The van der Waals surface area contributed by atoms with Crippen molar-refractivity contribution in [1.29, 1.82) is 0 Å². The van der Waals surface area contributed by atoms with Crippen molar-refractivity contribution in [2.45, 2.75) is 44.7 Å². The minimum absolute atomic E-state index is 0.0928. The lowest BCUT2D eigenvalue weighted by Crippen LogP contribution is -2.35. The molecule has 0 amide bonds. The lowest BCUT2D eigenvalue weighted by Gasteiger charge is -2.34. The molecule has 2 aliphatic heterocycles. The molecule has 1 fully saturated rings. The van der Waals surface area contributed by atoms with Crippen molar-refractivity contribution in [3.63, 3.8) is 0 Å². The second-order valence-electron chi connectivity index (χ2n) is 7.42. The van der Waals surface area contributed by atoms with Gasteiger partial charge in [-0.1, -0.05) is 12.1 Å². The van der Waals surface area contributed by atoms with Crippen molar-refractivity contribution >= 4 is 0 Å². The number of aryl methyl sites for hydroxylation is 1. The number of aromatic nitrogens is 2. The van der Waals surface area contributed by atoms with Gasteiger partial charge < -0.3 is 14.0 Å². The molecule has 0 radical (unpaired) electrons. The molecule has 0 aliphatic carbocycles. The lowest BCUT2D eigenvalue weighted by molar-refractivity contribution is 0.193. The second kappa shape index (κ2) is 7.72. The summed E-state index contributed by atoms with van der Waals surface area (Å²) in [4.78, 5) is 18.7. The number of fused-ring (bicyclic) bond motifs is 1. The van der Waals surface area contributed by atoms with E-state index in [-0.39, 0.29) is 5.56 Å². The fraction of sp³-hybridized carbons (Fsp3) is 0.524. The molecule has 0 N–H and O–H groups in total. The maximum absolute atomic E-state index is 12.1. The highest BCUT2D eigenvalue weighted by Crippen LogP contribution is 2.34. The van der Waals surface area contributed by atoms with Crippen LogP contribution >= 0.6 is 0 Å². The van der Waals surface area contributed by atoms with Crippen molar-refractivity contribution in [3.8, 4) is 11.5 Å². The zero-order chi connectivity index (χ0) is 18.8. The monoisotopic (exact) mass is 369 g/mol. The number of hydrogen-bond donors (Lipinski definition) is 0. The maximum Gasteiger partial charge on any atom is 0.273 e. The summed E-state index contributed by atoms with van der Waals surface area (Å²) in [6.07, 6.45) is 4.25. The molecule has 6 nitrogen and oxygen atoms in total. The number of hydrogen-bond acceptors (Lipinski definition) is 5. The van der Waals surface area contributed by atoms with Gasteiger partial charge in [-0.25, -0.2) is 0 Å². The molecule has 6 heteroatoms. The quantitative estimate of drug-likeness (QED) is 0.811. The van der Waals surface area contributed by atoms with Gasteiger partial charge in [0.05, 0.1) is 14.2 Å². The summed E-state index contributed by atoms with van der Waals surface area (Å²) in [5.41, 5.74) is 2.21. The Morgan fingerprint density at radius 2 is 2.07 bits per heavy atom. The van der Waals surface area contributed by atoms with Crippen molar-refractivity contribution in [1.82, 2.24) is 14.5 Å². The third-order valence-corrected chi connectivity index (χ3v) is 5.72. The van der Waals surface area contributed by atoms with Crippen molar-refractivity contribution in [3.05, 3.63) is 51.7 Å². The predicted octanol–water partition coefficient (Wildman–Crippen LogP) is 2.59.